The van der Waals surface area contributed by atoms with E-state index in [-0.39, 0.29) is 12.0 Å². The Kier molecular flexibility index (Phi) is 5.03. The number of carbonyl (C=O) groups is 1. The van der Waals surface area contributed by atoms with Crippen LogP contribution in [0.1, 0.15) is 29.9 Å². The molecular weight excluding hydrogens is 362 g/mol. The summed E-state index contributed by atoms with van der Waals surface area (Å²) >= 11 is 0. The van der Waals surface area contributed by atoms with Gasteiger partial charge in [0.2, 0.25) is 0 Å². The van der Waals surface area contributed by atoms with Crippen molar-refractivity contribution in [3.05, 3.63) is 48.5 Å². The van der Waals surface area contributed by atoms with Gasteiger partial charge in [0, 0.05) is 12.7 Å². The number of aliphatic hydroxyl groups excluding tert-OH is 1. The molecule has 9 nitrogen and oxygen atoms in total. The summed E-state index contributed by atoms with van der Waals surface area (Å²) in [5.41, 5.74) is 1.43. The first-order valence-electron chi connectivity index (χ1n) is 9.04. The first-order valence-corrected chi connectivity index (χ1v) is 9.04. The highest BCUT2D eigenvalue weighted by molar-refractivity contribution is 6.06. The maximum atomic E-state index is 12.5. The molecule has 1 aromatic carbocycles. The van der Waals surface area contributed by atoms with E-state index < -0.39 is 18.4 Å². The van der Waals surface area contributed by atoms with Gasteiger partial charge in [0.25, 0.3) is 5.91 Å². The van der Waals surface area contributed by atoms with Crippen molar-refractivity contribution in [2.24, 2.45) is 0 Å². The van der Waals surface area contributed by atoms with Gasteiger partial charge in [-0.2, -0.15) is 0 Å². The van der Waals surface area contributed by atoms with E-state index >= 15 is 0 Å². The van der Waals surface area contributed by atoms with Crippen molar-refractivity contribution >= 4 is 22.9 Å². The molecule has 1 aliphatic rings. The quantitative estimate of drug-likeness (QED) is 0.690. The lowest BCUT2D eigenvalue weighted by molar-refractivity contribution is -0.0497. The van der Waals surface area contributed by atoms with Crippen LogP contribution < -0.4 is 5.32 Å². The van der Waals surface area contributed by atoms with Crippen molar-refractivity contribution < 1.29 is 19.4 Å². The van der Waals surface area contributed by atoms with Crippen molar-refractivity contribution in [1.29, 1.82) is 0 Å². The first-order chi connectivity index (χ1) is 13.6. The topological polar surface area (TPSA) is 111 Å². The summed E-state index contributed by atoms with van der Waals surface area (Å²) < 4.78 is 13.1. The van der Waals surface area contributed by atoms with Crippen molar-refractivity contribution in [2.45, 2.75) is 37.9 Å². The fourth-order valence-electron chi connectivity index (χ4n) is 3.43. The summed E-state index contributed by atoms with van der Waals surface area (Å²) in [7, 11) is 1.53. The number of methoxy groups -OCH3 is 1. The zero-order chi connectivity index (χ0) is 19.7. The Morgan fingerprint density at radius 1 is 1.29 bits per heavy atom. The van der Waals surface area contributed by atoms with Crippen molar-refractivity contribution in [3.8, 4) is 0 Å². The van der Waals surface area contributed by atoms with Crippen LogP contribution in [-0.2, 0) is 9.47 Å². The van der Waals surface area contributed by atoms with Crippen LogP contribution in [0.15, 0.2) is 43.0 Å². The minimum atomic E-state index is -0.753. The third-order valence-electron chi connectivity index (χ3n) is 4.89. The number of hydrogen-bond acceptors (Lipinski definition) is 7. The number of nitrogens with one attached hydrogen (secondary N) is 1. The van der Waals surface area contributed by atoms with E-state index in [1.54, 1.807) is 35.2 Å². The Bertz CT molecular complexity index is 977. The zero-order valence-electron chi connectivity index (χ0n) is 15.5. The number of aliphatic hydroxyl groups is 1. The predicted octanol–water partition coefficient (Wildman–Crippen LogP) is 1.76. The van der Waals surface area contributed by atoms with Crippen molar-refractivity contribution in [1.82, 2.24) is 19.5 Å². The molecule has 0 radical (unpaired) electrons. The second kappa shape index (κ2) is 7.63. The summed E-state index contributed by atoms with van der Waals surface area (Å²) in [4.78, 5) is 25.3. The number of imidazole rings is 1. The van der Waals surface area contributed by atoms with Gasteiger partial charge in [-0.05, 0) is 18.6 Å². The van der Waals surface area contributed by atoms with Crippen LogP contribution in [0.4, 0.5) is 5.82 Å². The molecule has 1 aliphatic heterocycles. The monoisotopic (exact) mass is 383 g/mol. The number of benzene rings is 1. The molecule has 0 spiro atoms. The number of carbonyl (C=O) groups excluding carboxylic acids is 1. The summed E-state index contributed by atoms with van der Waals surface area (Å²) in [6, 6.07) is 8.85. The predicted molar refractivity (Wildman–Crippen MR) is 101 cm³/mol. The fraction of sp³-hybridized carbons (Fsp3) is 0.368. The second-order valence-corrected chi connectivity index (χ2v) is 6.53. The van der Waals surface area contributed by atoms with E-state index in [0.717, 1.165) is 0 Å². The molecule has 4 atom stereocenters. The molecule has 28 heavy (non-hydrogen) atoms. The Morgan fingerprint density at radius 3 is 2.79 bits per heavy atom. The van der Waals surface area contributed by atoms with Crippen LogP contribution in [0.2, 0.25) is 0 Å². The van der Waals surface area contributed by atoms with E-state index in [0.29, 0.717) is 29.0 Å². The van der Waals surface area contributed by atoms with Gasteiger partial charge in [0.1, 0.15) is 18.5 Å². The van der Waals surface area contributed by atoms with Crippen LogP contribution >= 0.6 is 0 Å². The van der Waals surface area contributed by atoms with Crippen LogP contribution in [-0.4, -0.2) is 56.0 Å². The molecule has 1 fully saturated rings. The van der Waals surface area contributed by atoms with Crippen LogP contribution in [0.25, 0.3) is 11.2 Å². The molecular formula is C19H21N5O4. The molecule has 146 valence electrons. The van der Waals surface area contributed by atoms with Gasteiger partial charge in [-0.1, -0.05) is 25.1 Å². The Hall–Kier alpha value is -2.88. The zero-order valence-corrected chi connectivity index (χ0v) is 15.5. The Morgan fingerprint density at radius 2 is 2.07 bits per heavy atom. The van der Waals surface area contributed by atoms with E-state index in [4.69, 9.17) is 9.47 Å². The minimum Gasteiger partial charge on any atom is -0.388 e. The minimum absolute atomic E-state index is 0.288. The van der Waals surface area contributed by atoms with Crippen LogP contribution in [0.5, 0.6) is 0 Å². The van der Waals surface area contributed by atoms with Gasteiger partial charge in [-0.25, -0.2) is 15.0 Å². The molecule has 9 heteroatoms. The SMILES string of the molecule is CC[C@H]1O[C@@H](n2cnc3c(NC(=O)c4ccccc4)ncnc32)[C@@H](OC)C1O. The number of fused-ring (bicyclic) bond motifs is 1. The maximum Gasteiger partial charge on any atom is 0.256 e. The summed E-state index contributed by atoms with van der Waals surface area (Å²) in [5.74, 6) is 0.0145. The fourth-order valence-corrected chi connectivity index (χ4v) is 3.43. The van der Waals surface area contributed by atoms with Gasteiger partial charge in [0.05, 0.1) is 12.4 Å². The van der Waals surface area contributed by atoms with Gasteiger partial charge in [-0.3, -0.25) is 9.36 Å². The number of amides is 1. The van der Waals surface area contributed by atoms with Crippen LogP contribution in [0.3, 0.4) is 0 Å². The van der Waals surface area contributed by atoms with Gasteiger partial charge >= 0.3 is 0 Å². The van der Waals surface area contributed by atoms with E-state index in [1.165, 1.54) is 13.4 Å². The molecule has 1 unspecified atom stereocenters. The van der Waals surface area contributed by atoms with E-state index in [1.807, 2.05) is 13.0 Å². The van der Waals surface area contributed by atoms with Crippen molar-refractivity contribution in [2.75, 3.05) is 12.4 Å². The van der Waals surface area contributed by atoms with E-state index in [2.05, 4.69) is 20.3 Å². The average molecular weight is 383 g/mol. The number of aromatic nitrogens is 4. The van der Waals surface area contributed by atoms with E-state index in [9.17, 15) is 9.90 Å². The number of anilines is 1. The Balaban J connectivity index is 1.66. The highest BCUT2D eigenvalue weighted by Crippen LogP contribution is 2.34. The first kappa shape index (κ1) is 18.5. The molecule has 2 N–H and O–H groups in total. The molecule has 4 rings (SSSR count). The molecule has 1 saturated heterocycles. The number of hydrogen-bond donors (Lipinski definition) is 2. The third kappa shape index (κ3) is 3.13. The molecule has 0 aliphatic carbocycles. The van der Waals surface area contributed by atoms with Crippen LogP contribution in [0, 0.1) is 0 Å². The van der Waals surface area contributed by atoms with Gasteiger partial charge in [-0.15, -0.1) is 0 Å². The smallest absolute Gasteiger partial charge is 0.256 e. The normalized spacial score (nSPS) is 24.5. The van der Waals surface area contributed by atoms with Gasteiger partial charge in [0.15, 0.2) is 23.2 Å². The molecule has 2 aromatic heterocycles. The average Bonchev–Trinajstić information content (AvgIpc) is 3.29. The lowest BCUT2D eigenvalue weighted by atomic mass is 10.1. The summed E-state index contributed by atoms with van der Waals surface area (Å²) in [5, 5.41) is 13.2. The summed E-state index contributed by atoms with van der Waals surface area (Å²) in [6.45, 7) is 1.94. The second-order valence-electron chi connectivity index (χ2n) is 6.53. The number of ether oxygens (including phenoxy) is 2. The highest BCUT2D eigenvalue weighted by atomic mass is 16.6. The Labute approximate surface area is 161 Å². The number of rotatable bonds is 5. The third-order valence-corrected chi connectivity index (χ3v) is 4.89. The molecule has 0 saturated carbocycles. The van der Waals surface area contributed by atoms with Crippen molar-refractivity contribution in [3.63, 3.8) is 0 Å². The lowest BCUT2D eigenvalue weighted by Crippen LogP contribution is -2.33. The molecule has 3 heterocycles. The summed E-state index contributed by atoms with van der Waals surface area (Å²) in [6.07, 6.45) is 1.33. The highest BCUT2D eigenvalue weighted by Gasteiger charge is 2.44. The van der Waals surface area contributed by atoms with Gasteiger partial charge < -0.3 is 19.9 Å². The number of nitrogens with zero attached hydrogens (tertiary/aromatic N) is 4. The standard InChI is InChI=1S/C19H21N5O4/c1-3-12-14(25)15(27-2)19(28-12)24-10-22-13-16(20-9-21-17(13)24)23-18(26)11-7-5-4-6-8-11/h4-10,12,14-15,19,25H,3H2,1-2H3,(H,20,21,23,26)/t12-,14?,15+,19-/m1/s1. The molecule has 0 bridgehead atoms. The molecule has 3 aromatic rings. The lowest BCUT2D eigenvalue weighted by Gasteiger charge is -2.19. The maximum absolute atomic E-state index is 12.5. The largest absolute Gasteiger partial charge is 0.388 e. The molecule has 1 amide bonds.